The summed E-state index contributed by atoms with van der Waals surface area (Å²) in [6, 6.07) is 3.87. The lowest BCUT2D eigenvalue weighted by Crippen LogP contribution is -2.15. The number of thiophene rings is 1. The number of nitrogens with one attached hydrogen (secondary N) is 1. The second-order valence-corrected chi connectivity index (χ2v) is 3.14. The number of carbonyl (C=O) groups excluding carboxylic acids is 1. The summed E-state index contributed by atoms with van der Waals surface area (Å²) in [5.74, 6) is -0.0668. The van der Waals surface area contributed by atoms with E-state index in [-0.39, 0.29) is 5.91 Å². The van der Waals surface area contributed by atoms with E-state index in [1.54, 1.807) is 24.5 Å². The van der Waals surface area contributed by atoms with E-state index >= 15 is 0 Å². The molecule has 0 saturated carbocycles. The van der Waals surface area contributed by atoms with Crippen LogP contribution in [0.15, 0.2) is 22.6 Å². The molecular formula is C8H10N2OS. The molecule has 1 rings (SSSR count). The van der Waals surface area contributed by atoms with E-state index in [1.807, 2.05) is 17.5 Å². The zero-order chi connectivity index (χ0) is 8.81. The molecule has 1 aromatic rings. The summed E-state index contributed by atoms with van der Waals surface area (Å²) in [4.78, 5) is 11.8. The van der Waals surface area contributed by atoms with Crippen LogP contribution in [0.4, 0.5) is 0 Å². The third-order valence-corrected chi connectivity index (χ3v) is 2.05. The molecule has 1 N–H and O–H groups in total. The normalized spacial score (nSPS) is 10.4. The van der Waals surface area contributed by atoms with Gasteiger partial charge in [0, 0.05) is 11.3 Å². The van der Waals surface area contributed by atoms with Crippen molar-refractivity contribution >= 4 is 23.5 Å². The van der Waals surface area contributed by atoms with Crippen LogP contribution < -0.4 is 5.43 Å². The molecule has 12 heavy (non-hydrogen) atoms. The van der Waals surface area contributed by atoms with E-state index in [0.717, 1.165) is 4.88 Å². The zero-order valence-electron chi connectivity index (χ0n) is 6.78. The standard InChI is InChI=1S/C8H10N2OS/c1-2-8(11)10-9-6-7-4-3-5-12-7/h3-6H,2H2,1H3,(H,10,11). The zero-order valence-corrected chi connectivity index (χ0v) is 7.60. The minimum atomic E-state index is -0.0668. The Labute approximate surface area is 75.1 Å². The van der Waals surface area contributed by atoms with Gasteiger partial charge in [0.15, 0.2) is 0 Å². The van der Waals surface area contributed by atoms with Gasteiger partial charge in [0.05, 0.1) is 6.21 Å². The third-order valence-electron chi connectivity index (χ3n) is 1.25. The molecular weight excluding hydrogens is 172 g/mol. The molecule has 0 aliphatic heterocycles. The Balaban J connectivity index is 2.37. The number of hydrogen-bond acceptors (Lipinski definition) is 3. The van der Waals surface area contributed by atoms with Crippen LogP contribution in [0.5, 0.6) is 0 Å². The van der Waals surface area contributed by atoms with Crippen molar-refractivity contribution < 1.29 is 4.79 Å². The van der Waals surface area contributed by atoms with Gasteiger partial charge in [-0.3, -0.25) is 4.79 Å². The molecule has 0 saturated heterocycles. The van der Waals surface area contributed by atoms with Crippen LogP contribution in [-0.4, -0.2) is 12.1 Å². The van der Waals surface area contributed by atoms with Crippen molar-refractivity contribution in [3.63, 3.8) is 0 Å². The number of hydrazone groups is 1. The Morgan fingerprint density at radius 1 is 1.83 bits per heavy atom. The van der Waals surface area contributed by atoms with Crippen LogP contribution in [0.25, 0.3) is 0 Å². The van der Waals surface area contributed by atoms with Gasteiger partial charge in [-0.25, -0.2) is 5.43 Å². The molecule has 1 aromatic heterocycles. The van der Waals surface area contributed by atoms with Crippen molar-refractivity contribution in [3.05, 3.63) is 22.4 Å². The van der Waals surface area contributed by atoms with Crippen LogP contribution in [0.3, 0.4) is 0 Å². The smallest absolute Gasteiger partial charge is 0.239 e. The van der Waals surface area contributed by atoms with Gasteiger partial charge in [-0.1, -0.05) is 13.0 Å². The highest BCUT2D eigenvalue weighted by molar-refractivity contribution is 7.11. The Morgan fingerprint density at radius 3 is 3.25 bits per heavy atom. The van der Waals surface area contributed by atoms with E-state index in [1.165, 1.54) is 0 Å². The van der Waals surface area contributed by atoms with Crippen molar-refractivity contribution in [3.8, 4) is 0 Å². The van der Waals surface area contributed by atoms with Gasteiger partial charge in [0.2, 0.25) is 5.91 Å². The first-order chi connectivity index (χ1) is 5.83. The second-order valence-electron chi connectivity index (χ2n) is 2.16. The van der Waals surface area contributed by atoms with Gasteiger partial charge in [0.1, 0.15) is 0 Å². The highest BCUT2D eigenvalue weighted by atomic mass is 32.1. The quantitative estimate of drug-likeness (QED) is 0.560. The molecule has 0 fully saturated rings. The Hall–Kier alpha value is -1.16. The molecule has 0 aliphatic carbocycles. The van der Waals surface area contributed by atoms with E-state index < -0.39 is 0 Å². The van der Waals surface area contributed by atoms with Crippen LogP contribution in [0.2, 0.25) is 0 Å². The fourth-order valence-corrected chi connectivity index (χ4v) is 1.20. The van der Waals surface area contributed by atoms with Gasteiger partial charge in [0.25, 0.3) is 0 Å². The maximum atomic E-state index is 10.7. The molecule has 0 bridgehead atoms. The van der Waals surface area contributed by atoms with Crippen molar-refractivity contribution in [2.24, 2.45) is 5.10 Å². The first kappa shape index (κ1) is 8.93. The van der Waals surface area contributed by atoms with Crippen LogP contribution >= 0.6 is 11.3 Å². The lowest BCUT2D eigenvalue weighted by atomic mass is 10.5. The van der Waals surface area contributed by atoms with Crippen LogP contribution in [-0.2, 0) is 4.79 Å². The first-order valence-corrected chi connectivity index (χ1v) is 4.56. The Kier molecular flexibility index (Phi) is 3.47. The lowest BCUT2D eigenvalue weighted by molar-refractivity contribution is -0.120. The summed E-state index contributed by atoms with van der Waals surface area (Å²) in [7, 11) is 0. The Morgan fingerprint density at radius 2 is 2.67 bits per heavy atom. The monoisotopic (exact) mass is 182 g/mol. The largest absolute Gasteiger partial charge is 0.273 e. The lowest BCUT2D eigenvalue weighted by Gasteiger charge is -1.91. The molecule has 0 aromatic carbocycles. The fraction of sp³-hybridized carbons (Fsp3) is 0.250. The molecule has 0 atom stereocenters. The predicted octanol–water partition coefficient (Wildman–Crippen LogP) is 1.61. The number of nitrogens with zero attached hydrogens (tertiary/aromatic N) is 1. The van der Waals surface area contributed by atoms with Gasteiger partial charge in [-0.15, -0.1) is 11.3 Å². The van der Waals surface area contributed by atoms with Crippen molar-refractivity contribution in [1.29, 1.82) is 0 Å². The molecule has 0 unspecified atom stereocenters. The molecule has 0 spiro atoms. The highest BCUT2D eigenvalue weighted by Crippen LogP contribution is 2.03. The summed E-state index contributed by atoms with van der Waals surface area (Å²) >= 11 is 1.58. The van der Waals surface area contributed by atoms with E-state index in [9.17, 15) is 4.79 Å². The number of amides is 1. The summed E-state index contributed by atoms with van der Waals surface area (Å²) in [6.07, 6.45) is 2.10. The molecule has 0 aliphatic rings. The third kappa shape index (κ3) is 2.84. The van der Waals surface area contributed by atoms with Gasteiger partial charge in [-0.2, -0.15) is 5.10 Å². The van der Waals surface area contributed by atoms with Crippen molar-refractivity contribution in [1.82, 2.24) is 5.43 Å². The predicted molar refractivity (Wildman–Crippen MR) is 50.3 cm³/mol. The minimum absolute atomic E-state index is 0.0668. The van der Waals surface area contributed by atoms with Gasteiger partial charge >= 0.3 is 0 Å². The second kappa shape index (κ2) is 4.66. The molecule has 64 valence electrons. The maximum Gasteiger partial charge on any atom is 0.239 e. The Bertz CT molecular complexity index is 267. The SMILES string of the molecule is CCC(=O)NN=Cc1cccs1. The summed E-state index contributed by atoms with van der Waals surface area (Å²) < 4.78 is 0. The van der Waals surface area contributed by atoms with E-state index in [2.05, 4.69) is 10.5 Å². The topological polar surface area (TPSA) is 41.5 Å². The van der Waals surface area contributed by atoms with Gasteiger partial charge in [-0.05, 0) is 11.4 Å². The molecule has 0 radical (unpaired) electrons. The minimum Gasteiger partial charge on any atom is -0.273 e. The van der Waals surface area contributed by atoms with Gasteiger partial charge < -0.3 is 0 Å². The van der Waals surface area contributed by atoms with E-state index in [4.69, 9.17) is 0 Å². The van der Waals surface area contributed by atoms with Crippen molar-refractivity contribution in [2.75, 3.05) is 0 Å². The number of rotatable bonds is 3. The molecule has 1 amide bonds. The number of hydrogen-bond donors (Lipinski definition) is 1. The molecule has 3 nitrogen and oxygen atoms in total. The summed E-state index contributed by atoms with van der Waals surface area (Å²) in [5, 5.41) is 5.73. The fourth-order valence-electron chi connectivity index (χ4n) is 0.612. The van der Waals surface area contributed by atoms with Crippen molar-refractivity contribution in [2.45, 2.75) is 13.3 Å². The molecule has 1 heterocycles. The van der Waals surface area contributed by atoms with Crippen LogP contribution in [0, 0.1) is 0 Å². The van der Waals surface area contributed by atoms with E-state index in [0.29, 0.717) is 6.42 Å². The first-order valence-electron chi connectivity index (χ1n) is 3.68. The maximum absolute atomic E-state index is 10.7. The summed E-state index contributed by atoms with van der Waals surface area (Å²) in [6.45, 7) is 1.79. The molecule has 4 heteroatoms. The summed E-state index contributed by atoms with van der Waals surface area (Å²) in [5.41, 5.74) is 2.41. The number of carbonyl (C=O) groups is 1. The average molecular weight is 182 g/mol. The highest BCUT2D eigenvalue weighted by Gasteiger charge is 1.91. The van der Waals surface area contributed by atoms with Crippen LogP contribution in [0.1, 0.15) is 18.2 Å². The average Bonchev–Trinajstić information content (AvgIpc) is 2.57.